The number of nitrogens with one attached hydrogen (secondary N) is 1. The third kappa shape index (κ3) is 5.11. The molecule has 0 spiro atoms. The first-order valence-electron chi connectivity index (χ1n) is 7.85. The Morgan fingerprint density at radius 3 is 2.53 bits per heavy atom. The van der Waals surface area contributed by atoms with Crippen LogP contribution in [0.2, 0.25) is 0 Å². The molecule has 3 atom stereocenters. The third-order valence-electron chi connectivity index (χ3n) is 4.43. The fourth-order valence-electron chi connectivity index (χ4n) is 2.86. The minimum absolute atomic E-state index is 0.0731. The van der Waals surface area contributed by atoms with Crippen molar-refractivity contribution in [3.8, 4) is 0 Å². The second-order valence-electron chi connectivity index (χ2n) is 5.78. The van der Waals surface area contributed by atoms with Crippen molar-refractivity contribution in [2.24, 2.45) is 17.6 Å². The molecule has 3 unspecified atom stereocenters. The van der Waals surface area contributed by atoms with Gasteiger partial charge in [-0.15, -0.1) is 0 Å². The van der Waals surface area contributed by atoms with Gasteiger partial charge in [-0.1, -0.05) is 33.6 Å². The van der Waals surface area contributed by atoms with Crippen LogP contribution in [-0.4, -0.2) is 43.0 Å². The molecule has 112 valence electrons. The number of nitrogens with zero attached hydrogens (tertiary/aromatic N) is 1. The van der Waals surface area contributed by atoms with Gasteiger partial charge in [0.1, 0.15) is 0 Å². The fourth-order valence-corrected chi connectivity index (χ4v) is 2.86. The summed E-state index contributed by atoms with van der Waals surface area (Å²) in [5, 5.41) is 3.23. The molecule has 1 saturated carbocycles. The van der Waals surface area contributed by atoms with Crippen LogP contribution in [0.15, 0.2) is 0 Å². The molecule has 1 fully saturated rings. The molecule has 0 aliphatic heterocycles. The van der Waals surface area contributed by atoms with Crippen molar-refractivity contribution in [3.05, 3.63) is 0 Å². The second kappa shape index (κ2) is 8.54. The summed E-state index contributed by atoms with van der Waals surface area (Å²) in [4.78, 5) is 14.5. The monoisotopic (exact) mass is 269 g/mol. The van der Waals surface area contributed by atoms with Crippen LogP contribution in [0.4, 0.5) is 0 Å². The van der Waals surface area contributed by atoms with Gasteiger partial charge in [-0.05, 0) is 31.8 Å². The van der Waals surface area contributed by atoms with E-state index in [2.05, 4.69) is 24.1 Å². The van der Waals surface area contributed by atoms with Crippen LogP contribution >= 0.6 is 0 Å². The zero-order valence-electron chi connectivity index (χ0n) is 12.8. The summed E-state index contributed by atoms with van der Waals surface area (Å²) < 4.78 is 0. The van der Waals surface area contributed by atoms with E-state index >= 15 is 0 Å². The van der Waals surface area contributed by atoms with Crippen molar-refractivity contribution >= 4 is 5.91 Å². The molecule has 1 aliphatic carbocycles. The van der Waals surface area contributed by atoms with E-state index in [0.29, 0.717) is 18.5 Å². The van der Waals surface area contributed by atoms with Crippen molar-refractivity contribution in [3.63, 3.8) is 0 Å². The summed E-state index contributed by atoms with van der Waals surface area (Å²) in [6, 6.07) is 0.343. The Balaban J connectivity index is 2.54. The maximum Gasteiger partial charge on any atom is 0.224 e. The largest absolute Gasteiger partial charge is 0.353 e. The molecule has 4 heteroatoms. The summed E-state index contributed by atoms with van der Waals surface area (Å²) in [6.07, 6.45) is 4.88. The lowest BCUT2D eigenvalue weighted by Crippen LogP contribution is -2.48. The zero-order chi connectivity index (χ0) is 14.3. The van der Waals surface area contributed by atoms with Gasteiger partial charge in [0.05, 0.1) is 0 Å². The standard InChI is InChI=1S/C15H31N3O/c1-4-18(5-2)11-13-8-6-7-9-14(13)17-15(19)12(3)10-16/h12-14H,4-11,16H2,1-3H3,(H,17,19). The average Bonchev–Trinajstić information content (AvgIpc) is 2.45. The van der Waals surface area contributed by atoms with Crippen LogP contribution in [-0.2, 0) is 4.79 Å². The van der Waals surface area contributed by atoms with Gasteiger partial charge in [-0.25, -0.2) is 0 Å². The summed E-state index contributed by atoms with van der Waals surface area (Å²) in [5.41, 5.74) is 5.57. The zero-order valence-corrected chi connectivity index (χ0v) is 12.8. The van der Waals surface area contributed by atoms with Crippen molar-refractivity contribution in [1.29, 1.82) is 0 Å². The summed E-state index contributed by atoms with van der Waals surface area (Å²) in [7, 11) is 0. The first kappa shape index (κ1) is 16.4. The van der Waals surface area contributed by atoms with Gasteiger partial charge in [0.2, 0.25) is 5.91 Å². The van der Waals surface area contributed by atoms with Gasteiger partial charge >= 0.3 is 0 Å². The number of rotatable bonds is 7. The fraction of sp³-hybridized carbons (Fsp3) is 0.933. The van der Waals surface area contributed by atoms with Crippen molar-refractivity contribution in [2.45, 2.75) is 52.5 Å². The highest BCUT2D eigenvalue weighted by molar-refractivity contribution is 5.78. The van der Waals surface area contributed by atoms with Crippen LogP contribution in [0, 0.1) is 11.8 Å². The topological polar surface area (TPSA) is 58.4 Å². The molecule has 0 radical (unpaired) electrons. The molecule has 1 amide bonds. The van der Waals surface area contributed by atoms with Crippen molar-refractivity contribution in [2.75, 3.05) is 26.2 Å². The molecule has 19 heavy (non-hydrogen) atoms. The lowest BCUT2D eigenvalue weighted by molar-refractivity contribution is -0.125. The average molecular weight is 269 g/mol. The Labute approximate surface area is 118 Å². The predicted molar refractivity (Wildman–Crippen MR) is 79.9 cm³/mol. The summed E-state index contributed by atoms with van der Waals surface area (Å²) in [6.45, 7) is 10.0. The minimum Gasteiger partial charge on any atom is -0.353 e. The first-order chi connectivity index (χ1) is 9.12. The number of hydrogen-bond acceptors (Lipinski definition) is 3. The quantitative estimate of drug-likeness (QED) is 0.738. The third-order valence-corrected chi connectivity index (χ3v) is 4.43. The van der Waals surface area contributed by atoms with E-state index in [1.807, 2.05) is 6.92 Å². The molecule has 0 aromatic carbocycles. The first-order valence-corrected chi connectivity index (χ1v) is 7.85. The van der Waals surface area contributed by atoms with Gasteiger partial charge in [0.15, 0.2) is 0 Å². The highest BCUT2D eigenvalue weighted by Gasteiger charge is 2.28. The van der Waals surface area contributed by atoms with Gasteiger partial charge in [-0.2, -0.15) is 0 Å². The molecule has 1 aliphatic rings. The molecule has 0 saturated heterocycles. The van der Waals surface area contributed by atoms with E-state index in [9.17, 15) is 4.79 Å². The summed E-state index contributed by atoms with van der Waals surface area (Å²) in [5.74, 6) is 0.651. The van der Waals surface area contributed by atoms with E-state index in [1.165, 1.54) is 19.3 Å². The predicted octanol–water partition coefficient (Wildman–Crippen LogP) is 1.60. The van der Waals surface area contributed by atoms with Crippen LogP contribution in [0.25, 0.3) is 0 Å². The number of carbonyl (C=O) groups excluding carboxylic acids is 1. The van der Waals surface area contributed by atoms with Gasteiger partial charge in [0.25, 0.3) is 0 Å². The van der Waals surface area contributed by atoms with Crippen molar-refractivity contribution in [1.82, 2.24) is 10.2 Å². The molecule has 0 aromatic rings. The molecule has 3 N–H and O–H groups in total. The van der Waals surface area contributed by atoms with E-state index < -0.39 is 0 Å². The van der Waals surface area contributed by atoms with E-state index in [4.69, 9.17) is 5.73 Å². The normalized spacial score (nSPS) is 25.3. The Morgan fingerprint density at radius 1 is 1.32 bits per heavy atom. The van der Waals surface area contributed by atoms with E-state index in [0.717, 1.165) is 26.1 Å². The maximum atomic E-state index is 12.0. The molecule has 0 heterocycles. The lowest BCUT2D eigenvalue weighted by atomic mass is 9.83. The van der Waals surface area contributed by atoms with Crippen LogP contribution in [0.5, 0.6) is 0 Å². The maximum absolute atomic E-state index is 12.0. The Morgan fingerprint density at radius 2 is 1.95 bits per heavy atom. The molecule has 0 aromatic heterocycles. The number of nitrogens with two attached hydrogens (primary N) is 1. The lowest BCUT2D eigenvalue weighted by Gasteiger charge is -2.36. The number of hydrogen-bond donors (Lipinski definition) is 2. The number of amides is 1. The molecule has 0 bridgehead atoms. The van der Waals surface area contributed by atoms with Crippen LogP contribution in [0.3, 0.4) is 0 Å². The van der Waals surface area contributed by atoms with Gasteiger partial charge < -0.3 is 16.0 Å². The highest BCUT2D eigenvalue weighted by Crippen LogP contribution is 2.25. The molecule has 1 rings (SSSR count). The highest BCUT2D eigenvalue weighted by atomic mass is 16.1. The summed E-state index contributed by atoms with van der Waals surface area (Å²) >= 11 is 0. The minimum atomic E-state index is -0.0731. The van der Waals surface area contributed by atoms with Gasteiger partial charge in [0, 0.05) is 25.0 Å². The molecular formula is C15H31N3O. The smallest absolute Gasteiger partial charge is 0.224 e. The van der Waals surface area contributed by atoms with E-state index in [1.54, 1.807) is 0 Å². The second-order valence-corrected chi connectivity index (χ2v) is 5.78. The molecular weight excluding hydrogens is 238 g/mol. The van der Waals surface area contributed by atoms with E-state index in [-0.39, 0.29) is 11.8 Å². The molecule has 4 nitrogen and oxygen atoms in total. The Kier molecular flexibility index (Phi) is 7.39. The Hall–Kier alpha value is -0.610. The van der Waals surface area contributed by atoms with Crippen LogP contribution < -0.4 is 11.1 Å². The Bertz CT molecular complexity index is 266. The van der Waals surface area contributed by atoms with Crippen molar-refractivity contribution < 1.29 is 4.79 Å². The van der Waals surface area contributed by atoms with Gasteiger partial charge in [-0.3, -0.25) is 4.79 Å². The SMILES string of the molecule is CCN(CC)CC1CCCCC1NC(=O)C(C)CN. The van der Waals surface area contributed by atoms with Crippen LogP contribution in [0.1, 0.15) is 46.5 Å². The number of carbonyl (C=O) groups is 1.